The van der Waals surface area contributed by atoms with Crippen LogP contribution in [0.2, 0.25) is 0 Å². The molecule has 0 radical (unpaired) electrons. The van der Waals surface area contributed by atoms with Crippen LogP contribution < -0.4 is 0 Å². The van der Waals surface area contributed by atoms with Crippen LogP contribution in [0.1, 0.15) is 12.0 Å². The lowest BCUT2D eigenvalue weighted by atomic mass is 9.98. The maximum absolute atomic E-state index is 11.8. The number of methoxy groups -OCH3 is 1. The lowest BCUT2D eigenvalue weighted by molar-refractivity contribution is -0.172. The molecule has 140 valence electrons. The fraction of sp³-hybridized carbons (Fsp3) is 0.250. The van der Waals surface area contributed by atoms with Gasteiger partial charge in [0, 0.05) is 6.08 Å². The van der Waals surface area contributed by atoms with E-state index in [0.717, 1.165) is 31.4 Å². The topological polar surface area (TPSA) is 168 Å². The summed E-state index contributed by atoms with van der Waals surface area (Å²) < 4.78 is 8.93. The van der Waals surface area contributed by atoms with E-state index in [-0.39, 0.29) is 11.3 Å². The number of carbonyl (C=O) groups is 4. The van der Waals surface area contributed by atoms with Crippen LogP contribution in [0, 0.1) is 5.92 Å². The summed E-state index contributed by atoms with van der Waals surface area (Å²) in [5.74, 6) is -8.20. The van der Waals surface area contributed by atoms with E-state index in [4.69, 9.17) is 10.2 Å². The highest BCUT2D eigenvalue weighted by molar-refractivity contribution is 5.91. The molecule has 10 heteroatoms. The molecule has 4 N–H and O–H groups in total. The van der Waals surface area contributed by atoms with Crippen molar-refractivity contribution in [3.63, 3.8) is 0 Å². The number of benzene rings is 1. The smallest absolute Gasteiger partial charge is 0.345 e. The average molecular weight is 368 g/mol. The van der Waals surface area contributed by atoms with Gasteiger partial charge in [-0.05, 0) is 23.8 Å². The van der Waals surface area contributed by atoms with E-state index in [1.54, 1.807) is 0 Å². The molecular formula is C16H16O10. The summed E-state index contributed by atoms with van der Waals surface area (Å²) in [7, 11) is 0.999. The van der Waals surface area contributed by atoms with Gasteiger partial charge >= 0.3 is 23.9 Å². The van der Waals surface area contributed by atoms with Crippen LogP contribution in [0.15, 0.2) is 24.3 Å². The molecule has 0 aliphatic rings. The minimum Gasteiger partial charge on any atom is -0.504 e. The molecule has 0 aliphatic carbocycles. The first-order valence-corrected chi connectivity index (χ1v) is 7.08. The number of ether oxygens (including phenoxy) is 2. The van der Waals surface area contributed by atoms with Gasteiger partial charge in [0.1, 0.15) is 5.92 Å². The van der Waals surface area contributed by atoms with Gasteiger partial charge in [-0.2, -0.15) is 0 Å². The summed E-state index contributed by atoms with van der Waals surface area (Å²) in [6, 6.07) is 3.65. The SMILES string of the molecule is COC(=O)CC(C(=O)O)C(OC(=O)/C=C/c1ccc(O)c(O)c1)C(=O)O. The van der Waals surface area contributed by atoms with Crippen LogP contribution in [0.4, 0.5) is 0 Å². The van der Waals surface area contributed by atoms with E-state index in [9.17, 15) is 29.4 Å². The first-order chi connectivity index (χ1) is 12.1. The van der Waals surface area contributed by atoms with Crippen molar-refractivity contribution < 1.29 is 49.1 Å². The zero-order valence-electron chi connectivity index (χ0n) is 13.5. The van der Waals surface area contributed by atoms with Gasteiger partial charge in [0.05, 0.1) is 13.5 Å². The quantitative estimate of drug-likeness (QED) is 0.286. The number of aromatic hydroxyl groups is 2. The van der Waals surface area contributed by atoms with Crippen molar-refractivity contribution in [2.24, 2.45) is 5.92 Å². The van der Waals surface area contributed by atoms with Crippen molar-refractivity contribution in [1.82, 2.24) is 0 Å². The summed E-state index contributed by atoms with van der Waals surface area (Å²) >= 11 is 0. The number of carbonyl (C=O) groups excluding carboxylic acids is 2. The van der Waals surface area contributed by atoms with E-state index in [1.165, 1.54) is 6.07 Å². The van der Waals surface area contributed by atoms with Gasteiger partial charge < -0.3 is 29.9 Å². The Kier molecular flexibility index (Phi) is 7.14. The second-order valence-corrected chi connectivity index (χ2v) is 5.00. The second kappa shape index (κ2) is 9.06. The fourth-order valence-electron chi connectivity index (χ4n) is 1.86. The third kappa shape index (κ3) is 5.82. The van der Waals surface area contributed by atoms with Gasteiger partial charge in [0.2, 0.25) is 6.10 Å². The van der Waals surface area contributed by atoms with Gasteiger partial charge in [0.15, 0.2) is 11.5 Å². The van der Waals surface area contributed by atoms with Crippen molar-refractivity contribution in [2.45, 2.75) is 12.5 Å². The maximum atomic E-state index is 11.8. The number of carboxylic acid groups (broad SMARTS) is 2. The number of aliphatic carboxylic acids is 2. The van der Waals surface area contributed by atoms with Crippen molar-refractivity contribution in [1.29, 1.82) is 0 Å². The van der Waals surface area contributed by atoms with Gasteiger partial charge in [-0.3, -0.25) is 9.59 Å². The Balaban J connectivity index is 2.90. The lowest BCUT2D eigenvalue weighted by Crippen LogP contribution is -2.39. The summed E-state index contributed by atoms with van der Waals surface area (Å²) in [5, 5.41) is 36.7. The van der Waals surface area contributed by atoms with E-state index >= 15 is 0 Å². The summed E-state index contributed by atoms with van der Waals surface area (Å²) in [6.45, 7) is 0. The predicted octanol–water partition coefficient (Wildman–Crippen LogP) is 0.371. The molecule has 0 bridgehead atoms. The molecule has 0 saturated carbocycles. The molecule has 0 amide bonds. The van der Waals surface area contributed by atoms with Gasteiger partial charge in [-0.25, -0.2) is 9.59 Å². The Labute approximate surface area is 146 Å². The number of carboxylic acids is 2. The van der Waals surface area contributed by atoms with Gasteiger partial charge in [-0.15, -0.1) is 0 Å². The van der Waals surface area contributed by atoms with Crippen LogP contribution >= 0.6 is 0 Å². The van der Waals surface area contributed by atoms with E-state index in [2.05, 4.69) is 9.47 Å². The number of phenols is 2. The summed E-state index contributed by atoms with van der Waals surface area (Å²) in [6.07, 6.45) is -0.960. The molecule has 26 heavy (non-hydrogen) atoms. The monoisotopic (exact) mass is 368 g/mol. The highest BCUT2D eigenvalue weighted by Crippen LogP contribution is 2.25. The molecular weight excluding hydrogens is 352 g/mol. The van der Waals surface area contributed by atoms with E-state index in [1.807, 2.05) is 0 Å². The molecule has 0 heterocycles. The minimum absolute atomic E-state index is 0.286. The van der Waals surface area contributed by atoms with E-state index < -0.39 is 48.1 Å². The lowest BCUT2D eigenvalue weighted by Gasteiger charge is -2.19. The van der Waals surface area contributed by atoms with Crippen LogP contribution in [0.3, 0.4) is 0 Å². The number of phenolic OH excluding ortho intramolecular Hbond substituents is 2. The van der Waals surface area contributed by atoms with Crippen LogP contribution in [0.25, 0.3) is 6.08 Å². The Morgan fingerprint density at radius 2 is 1.73 bits per heavy atom. The van der Waals surface area contributed by atoms with Crippen LogP contribution in [0.5, 0.6) is 11.5 Å². The molecule has 0 aromatic heterocycles. The van der Waals surface area contributed by atoms with Crippen molar-refractivity contribution in [3.8, 4) is 11.5 Å². The number of esters is 2. The maximum Gasteiger partial charge on any atom is 0.345 e. The number of hydrogen-bond donors (Lipinski definition) is 4. The molecule has 2 unspecified atom stereocenters. The summed E-state index contributed by atoms with van der Waals surface area (Å²) in [4.78, 5) is 45.4. The highest BCUT2D eigenvalue weighted by Gasteiger charge is 2.38. The first-order valence-electron chi connectivity index (χ1n) is 7.08. The largest absolute Gasteiger partial charge is 0.504 e. The zero-order chi connectivity index (χ0) is 19.9. The standard InChI is InChI=1S/C16H16O10/c1-25-13(20)7-9(15(21)22)14(16(23)24)26-12(19)5-3-8-2-4-10(17)11(18)6-8/h2-6,9,14,17-18H,7H2,1H3,(H,21,22)(H,23,24)/b5-3+. The molecule has 1 rings (SSSR count). The van der Waals surface area contributed by atoms with E-state index in [0.29, 0.717) is 0 Å². The van der Waals surface area contributed by atoms with Crippen LogP contribution in [-0.2, 0) is 28.7 Å². The Bertz CT molecular complexity index is 737. The molecule has 2 atom stereocenters. The normalized spacial score (nSPS) is 13.0. The predicted molar refractivity (Wildman–Crippen MR) is 84.1 cm³/mol. The number of rotatable bonds is 8. The average Bonchev–Trinajstić information content (AvgIpc) is 2.58. The molecule has 1 aromatic rings. The Morgan fingerprint density at radius 1 is 1.08 bits per heavy atom. The Hall–Kier alpha value is -3.56. The fourth-order valence-corrected chi connectivity index (χ4v) is 1.86. The second-order valence-electron chi connectivity index (χ2n) is 5.00. The molecule has 0 aliphatic heterocycles. The minimum atomic E-state index is -2.11. The third-order valence-corrected chi connectivity index (χ3v) is 3.19. The molecule has 0 spiro atoms. The zero-order valence-corrected chi connectivity index (χ0v) is 13.5. The third-order valence-electron chi connectivity index (χ3n) is 3.19. The van der Waals surface area contributed by atoms with Crippen molar-refractivity contribution >= 4 is 30.0 Å². The first kappa shape index (κ1) is 20.5. The molecule has 0 saturated heterocycles. The molecule has 10 nitrogen and oxygen atoms in total. The number of hydrogen-bond acceptors (Lipinski definition) is 8. The van der Waals surface area contributed by atoms with Gasteiger partial charge in [-0.1, -0.05) is 6.07 Å². The highest BCUT2D eigenvalue weighted by atomic mass is 16.6. The Morgan fingerprint density at radius 3 is 2.23 bits per heavy atom. The molecule has 0 fully saturated rings. The summed E-state index contributed by atoms with van der Waals surface area (Å²) in [5.41, 5.74) is 0.286. The van der Waals surface area contributed by atoms with Crippen molar-refractivity contribution in [2.75, 3.05) is 7.11 Å². The van der Waals surface area contributed by atoms with Crippen molar-refractivity contribution in [3.05, 3.63) is 29.8 Å². The van der Waals surface area contributed by atoms with Gasteiger partial charge in [0.25, 0.3) is 0 Å². The molecule has 1 aromatic carbocycles. The van der Waals surface area contributed by atoms with Crippen LogP contribution in [-0.4, -0.2) is 57.5 Å².